The van der Waals surface area contributed by atoms with Crippen molar-refractivity contribution in [2.24, 2.45) is 11.8 Å². The van der Waals surface area contributed by atoms with Gasteiger partial charge in [-0.1, -0.05) is 72.8 Å². The van der Waals surface area contributed by atoms with Gasteiger partial charge in [0, 0.05) is 18.9 Å². The molecule has 0 saturated carbocycles. The van der Waals surface area contributed by atoms with E-state index in [2.05, 4.69) is 14.5 Å². The van der Waals surface area contributed by atoms with Gasteiger partial charge in [-0.25, -0.2) is 0 Å². The molecule has 0 aliphatic heterocycles. The van der Waals surface area contributed by atoms with Crippen LogP contribution in [-0.4, -0.2) is 116 Å². The molecule has 4 aromatic rings. The smallest absolute Gasteiger partial charge is 0.470 e. The number of rotatable bonds is 10. The first-order chi connectivity index (χ1) is 30.3. The highest BCUT2D eigenvalue weighted by Crippen LogP contribution is 2.52. The van der Waals surface area contributed by atoms with Crippen LogP contribution in [0.15, 0.2) is 94.0 Å². The number of halogens is 3. The fourth-order valence-corrected chi connectivity index (χ4v) is 8.47. The van der Waals surface area contributed by atoms with E-state index in [1.54, 1.807) is 26.2 Å². The molecule has 1 N–H and O–H groups in total. The number of benzene rings is 2. The fourth-order valence-electron chi connectivity index (χ4n) is 8.28. The van der Waals surface area contributed by atoms with Crippen molar-refractivity contribution in [2.45, 2.75) is 54.8 Å². The highest BCUT2D eigenvalue weighted by atomic mass is 32.2. The maximum absolute atomic E-state index is 13.5. The molecular formula is C43H45F3N4O13S. The summed E-state index contributed by atoms with van der Waals surface area (Å²) in [5.41, 5.74) is -6.96. The van der Waals surface area contributed by atoms with Crippen molar-refractivity contribution in [1.29, 1.82) is 0 Å². The van der Waals surface area contributed by atoms with E-state index in [0.717, 1.165) is 11.1 Å². The topological polar surface area (TPSA) is 218 Å². The standard InChI is InChI=1S/C21H22N2O5.C20H20N2O5.C2H3F3O3S/c1-23(2)17-14-10-7-11-15(24)21(14,26-3)19(25)16-18(17)28-22-20(16)27-12-13-8-5-4-6-9-13;1-22(2)16-13-9-6-10-14(23)20(13,25)18(24)15-17(16)27-21-19(15)26-11-12-7-4-3-5-8-12;1-8-9(6,7)2(3,4)5/h4-9,11,14,17H,10,12H2,1-3H3;3-8,10,13,16,25H,9,11H2,1-2H3;1H3/t14-,17-,21-;13-,16+,20-;/m00./s1. The molecule has 2 heterocycles. The van der Waals surface area contributed by atoms with Gasteiger partial charge >= 0.3 is 15.6 Å². The van der Waals surface area contributed by atoms with Crippen molar-refractivity contribution in [1.82, 2.24) is 20.1 Å². The van der Waals surface area contributed by atoms with Crippen molar-refractivity contribution in [3.05, 3.63) is 119 Å². The maximum atomic E-state index is 13.5. The van der Waals surface area contributed by atoms with Gasteiger partial charge in [0.25, 0.3) is 11.8 Å². The molecule has 2 aromatic carbocycles. The van der Waals surface area contributed by atoms with E-state index < -0.39 is 62.1 Å². The van der Waals surface area contributed by atoms with Crippen LogP contribution in [0.4, 0.5) is 13.2 Å². The highest BCUT2D eigenvalue weighted by Gasteiger charge is 2.63. The molecule has 0 bridgehead atoms. The molecule has 342 valence electrons. The van der Waals surface area contributed by atoms with Crippen molar-refractivity contribution in [3.8, 4) is 11.8 Å². The van der Waals surface area contributed by atoms with Crippen LogP contribution < -0.4 is 9.47 Å². The number of aliphatic hydroxyl groups is 1. The van der Waals surface area contributed by atoms with Crippen LogP contribution in [0.3, 0.4) is 0 Å². The number of methoxy groups -OCH3 is 1. The second-order valence-corrected chi connectivity index (χ2v) is 17.2. The van der Waals surface area contributed by atoms with E-state index >= 15 is 0 Å². The lowest BCUT2D eigenvalue weighted by Gasteiger charge is -2.46. The monoisotopic (exact) mass is 914 g/mol. The number of carbonyl (C=O) groups excluding carboxylic acids is 4. The molecular weight excluding hydrogens is 870 g/mol. The molecule has 8 rings (SSSR count). The molecule has 4 aliphatic carbocycles. The van der Waals surface area contributed by atoms with Crippen LogP contribution in [0.1, 0.15) is 68.3 Å². The van der Waals surface area contributed by atoms with E-state index in [-0.39, 0.29) is 47.9 Å². The first kappa shape index (κ1) is 47.6. The Balaban J connectivity index is 0.000000179. The Morgan fingerprint density at radius 3 is 1.58 bits per heavy atom. The van der Waals surface area contributed by atoms with Gasteiger partial charge in [-0.15, -0.1) is 0 Å². The lowest BCUT2D eigenvalue weighted by molar-refractivity contribution is -0.141. The molecule has 0 fully saturated rings. The Morgan fingerprint density at radius 1 is 0.719 bits per heavy atom. The third-order valence-corrected chi connectivity index (χ3v) is 12.3. The number of carbonyl (C=O) groups is 4. The maximum Gasteiger partial charge on any atom is 0.523 e. The van der Waals surface area contributed by atoms with Gasteiger partial charge in [-0.2, -0.15) is 21.6 Å². The van der Waals surface area contributed by atoms with Gasteiger partial charge in [0.2, 0.25) is 11.6 Å². The van der Waals surface area contributed by atoms with Crippen LogP contribution in [0.25, 0.3) is 0 Å². The molecule has 0 radical (unpaired) electrons. The first-order valence-corrected chi connectivity index (χ1v) is 21.0. The average Bonchev–Trinajstić information content (AvgIpc) is 3.89. The fraction of sp³-hybridized carbons (Fsp3) is 0.395. The second-order valence-electron chi connectivity index (χ2n) is 15.5. The number of aromatic nitrogens is 2. The third-order valence-electron chi connectivity index (χ3n) is 11.3. The lowest BCUT2D eigenvalue weighted by atomic mass is 9.65. The molecule has 6 atom stereocenters. The zero-order valence-corrected chi connectivity index (χ0v) is 36.2. The van der Waals surface area contributed by atoms with Crippen LogP contribution in [0.2, 0.25) is 0 Å². The first-order valence-electron chi connectivity index (χ1n) is 19.6. The molecule has 21 heteroatoms. The Bertz CT molecular complexity index is 2540. The molecule has 4 aliphatic rings. The van der Waals surface area contributed by atoms with E-state index in [1.807, 2.05) is 84.6 Å². The number of Topliss-reactive ketones (excluding diaryl/α,β-unsaturated/α-hetero) is 2. The van der Waals surface area contributed by atoms with Gasteiger partial charge in [0.15, 0.2) is 34.3 Å². The summed E-state index contributed by atoms with van der Waals surface area (Å²) in [5.74, 6) is -2.34. The van der Waals surface area contributed by atoms with Crippen LogP contribution >= 0.6 is 0 Å². The van der Waals surface area contributed by atoms with Crippen molar-refractivity contribution in [3.63, 3.8) is 0 Å². The third kappa shape index (κ3) is 8.58. The van der Waals surface area contributed by atoms with Gasteiger partial charge in [0.05, 0.1) is 19.2 Å². The molecule has 0 spiro atoms. The SMILES string of the molecule is CN(C)[C@H]1c2onc(OCc3ccccc3)c2C(=O)[C@@]2(O)C(=O)C=CC[C@@H]12.COS(=O)(=O)C(F)(F)F.CO[C@]12C(=O)C=CC[C@H]1[C@H](N(C)C)c1onc(OCc3ccccc3)c1C2=O. The van der Waals surface area contributed by atoms with Gasteiger partial charge in [-0.3, -0.25) is 33.2 Å². The van der Waals surface area contributed by atoms with Crippen molar-refractivity contribution >= 4 is 33.3 Å². The number of ether oxygens (including phenoxy) is 3. The van der Waals surface area contributed by atoms with Crippen molar-refractivity contribution in [2.75, 3.05) is 42.4 Å². The minimum absolute atomic E-state index is 0.0000638. The summed E-state index contributed by atoms with van der Waals surface area (Å²) in [7, 11) is 3.88. The predicted molar refractivity (Wildman–Crippen MR) is 217 cm³/mol. The quantitative estimate of drug-likeness (QED) is 0.126. The van der Waals surface area contributed by atoms with Crippen LogP contribution in [0.5, 0.6) is 11.8 Å². The van der Waals surface area contributed by atoms with E-state index in [9.17, 15) is 45.9 Å². The van der Waals surface area contributed by atoms with Crippen LogP contribution in [0, 0.1) is 11.8 Å². The number of fused-ring (bicyclic) bond motifs is 4. The lowest BCUT2D eigenvalue weighted by Crippen LogP contribution is -2.60. The average molecular weight is 915 g/mol. The Hall–Kier alpha value is -5.84. The van der Waals surface area contributed by atoms with E-state index in [1.165, 1.54) is 19.3 Å². The minimum Gasteiger partial charge on any atom is -0.470 e. The number of ketones is 4. The van der Waals surface area contributed by atoms with Gasteiger partial charge < -0.3 is 28.4 Å². The summed E-state index contributed by atoms with van der Waals surface area (Å²) in [6.07, 6.45) is 7.06. The number of alkyl halides is 3. The Morgan fingerprint density at radius 2 is 1.16 bits per heavy atom. The highest BCUT2D eigenvalue weighted by molar-refractivity contribution is 7.87. The van der Waals surface area contributed by atoms with Crippen LogP contribution in [-0.2, 0) is 41.8 Å². The van der Waals surface area contributed by atoms with E-state index in [4.69, 9.17) is 23.3 Å². The summed E-state index contributed by atoms with van der Waals surface area (Å²) in [5, 5.41) is 19.1. The van der Waals surface area contributed by atoms with Gasteiger partial charge in [-0.05, 0) is 74.6 Å². The Kier molecular flexibility index (Phi) is 13.9. The van der Waals surface area contributed by atoms with Gasteiger partial charge in [0.1, 0.15) is 24.3 Å². The largest absolute Gasteiger partial charge is 0.523 e. The van der Waals surface area contributed by atoms with Crippen molar-refractivity contribution < 1.29 is 73.3 Å². The molecule has 0 unspecified atom stereocenters. The minimum atomic E-state index is -5.34. The summed E-state index contributed by atoms with van der Waals surface area (Å²) in [4.78, 5) is 55.7. The zero-order chi connectivity index (χ0) is 46.8. The number of hydrogen-bond donors (Lipinski definition) is 1. The predicted octanol–water partition coefficient (Wildman–Crippen LogP) is 4.99. The summed E-state index contributed by atoms with van der Waals surface area (Å²) >= 11 is 0. The second kappa shape index (κ2) is 18.7. The van der Waals surface area contributed by atoms with E-state index in [0.29, 0.717) is 31.5 Å². The Labute approximate surface area is 365 Å². The summed E-state index contributed by atoms with van der Waals surface area (Å²) in [6, 6.07) is 18.2. The number of allylic oxidation sites excluding steroid dienone is 2. The molecule has 64 heavy (non-hydrogen) atoms. The normalized spacial score (nSPS) is 24.8. The molecule has 17 nitrogen and oxygen atoms in total. The zero-order valence-electron chi connectivity index (χ0n) is 35.4. The summed E-state index contributed by atoms with van der Waals surface area (Å²) in [6.45, 7) is 0.423. The molecule has 0 amide bonds. The summed E-state index contributed by atoms with van der Waals surface area (Å²) < 4.78 is 84.0. The number of hydrogen-bond acceptors (Lipinski definition) is 17. The molecule has 2 aromatic heterocycles. The number of nitrogens with zero attached hydrogens (tertiary/aromatic N) is 4. The molecule has 0 saturated heterocycles.